The van der Waals surface area contributed by atoms with Gasteiger partial charge in [0.2, 0.25) is 0 Å². The number of hydrogen-bond acceptors (Lipinski definition) is 2. The number of benzene rings is 2. The molecule has 0 atom stereocenters. The van der Waals surface area contributed by atoms with Crippen LogP contribution in [-0.4, -0.2) is 16.3 Å². The number of aliphatic imine (C=N–C) groups is 1. The summed E-state index contributed by atoms with van der Waals surface area (Å²) in [5, 5.41) is 10.7. The minimum Gasteiger partial charge on any atom is -0.494 e. The maximum absolute atomic E-state index is 12.7. The molecule has 1 heterocycles. The summed E-state index contributed by atoms with van der Waals surface area (Å²) in [6.45, 7) is 0. The lowest BCUT2D eigenvalue weighted by Crippen LogP contribution is -2.03. The summed E-state index contributed by atoms with van der Waals surface area (Å²) in [4.78, 5) is 6.83. The van der Waals surface area contributed by atoms with Crippen molar-refractivity contribution in [2.75, 3.05) is 0 Å². The zero-order valence-corrected chi connectivity index (χ0v) is 13.1. The summed E-state index contributed by atoms with van der Waals surface area (Å²) < 4.78 is 38.9. The van der Waals surface area contributed by atoms with Crippen molar-refractivity contribution in [3.05, 3.63) is 58.1 Å². The number of hydrogen-bond donors (Lipinski definition) is 2. The molecular formula is C16H10BrF3N2O. The maximum Gasteiger partial charge on any atom is 0.416 e. The Labute approximate surface area is 137 Å². The molecule has 118 valence electrons. The van der Waals surface area contributed by atoms with Gasteiger partial charge in [0, 0.05) is 21.6 Å². The Hall–Kier alpha value is -2.28. The molecule has 0 aliphatic carbocycles. The van der Waals surface area contributed by atoms with Crippen molar-refractivity contribution in [1.29, 1.82) is 0 Å². The van der Waals surface area contributed by atoms with Crippen LogP contribution in [0.15, 0.2) is 51.9 Å². The predicted octanol–water partition coefficient (Wildman–Crippen LogP) is 5.41. The Balaban J connectivity index is 2.01. The number of rotatable bonds is 2. The van der Waals surface area contributed by atoms with Gasteiger partial charge in [0.25, 0.3) is 0 Å². The van der Waals surface area contributed by atoms with Crippen molar-refractivity contribution in [3.63, 3.8) is 0 Å². The van der Waals surface area contributed by atoms with Gasteiger partial charge in [-0.25, -0.2) is 0 Å². The summed E-state index contributed by atoms with van der Waals surface area (Å²) in [6, 6.07) is 10.1. The van der Waals surface area contributed by atoms with E-state index in [2.05, 4.69) is 25.9 Å². The number of fused-ring (bicyclic) bond motifs is 1. The molecule has 0 fully saturated rings. The van der Waals surface area contributed by atoms with Crippen molar-refractivity contribution >= 4 is 38.7 Å². The Morgan fingerprint density at radius 3 is 2.65 bits per heavy atom. The van der Waals surface area contributed by atoms with Crippen molar-refractivity contribution in [2.24, 2.45) is 4.99 Å². The van der Waals surface area contributed by atoms with Gasteiger partial charge in [-0.05, 0) is 36.4 Å². The molecule has 3 aromatic rings. The molecule has 0 aliphatic heterocycles. The SMILES string of the molecule is Oc1[nH]c2ccc(Br)cc2c1C=Nc1cccc(C(F)(F)F)c1. The van der Waals surface area contributed by atoms with Gasteiger partial charge >= 0.3 is 6.18 Å². The highest BCUT2D eigenvalue weighted by Gasteiger charge is 2.30. The van der Waals surface area contributed by atoms with Gasteiger partial charge in [-0.2, -0.15) is 13.2 Å². The number of alkyl halides is 3. The molecule has 0 radical (unpaired) electrons. The Morgan fingerprint density at radius 2 is 1.91 bits per heavy atom. The fourth-order valence-electron chi connectivity index (χ4n) is 2.20. The van der Waals surface area contributed by atoms with E-state index in [1.165, 1.54) is 18.3 Å². The van der Waals surface area contributed by atoms with E-state index in [1.807, 2.05) is 6.07 Å². The molecule has 2 N–H and O–H groups in total. The molecule has 2 aromatic carbocycles. The van der Waals surface area contributed by atoms with E-state index in [4.69, 9.17) is 0 Å². The van der Waals surface area contributed by atoms with Crippen LogP contribution >= 0.6 is 15.9 Å². The van der Waals surface area contributed by atoms with E-state index in [9.17, 15) is 18.3 Å². The molecule has 0 amide bonds. The summed E-state index contributed by atoms with van der Waals surface area (Å²) in [6.07, 6.45) is -3.07. The van der Waals surface area contributed by atoms with Crippen LogP contribution in [0.3, 0.4) is 0 Å². The van der Waals surface area contributed by atoms with Gasteiger partial charge < -0.3 is 10.1 Å². The first kappa shape index (κ1) is 15.6. The van der Waals surface area contributed by atoms with E-state index in [1.54, 1.807) is 12.1 Å². The van der Waals surface area contributed by atoms with Gasteiger partial charge in [-0.1, -0.05) is 22.0 Å². The third-order valence-electron chi connectivity index (χ3n) is 3.30. The summed E-state index contributed by atoms with van der Waals surface area (Å²) >= 11 is 3.34. The Morgan fingerprint density at radius 1 is 1.13 bits per heavy atom. The minimum absolute atomic E-state index is 0.0891. The van der Waals surface area contributed by atoms with Crippen LogP contribution in [0.1, 0.15) is 11.1 Å². The van der Waals surface area contributed by atoms with E-state index >= 15 is 0 Å². The summed E-state index contributed by atoms with van der Waals surface area (Å²) in [7, 11) is 0. The molecule has 0 aliphatic rings. The fourth-order valence-corrected chi connectivity index (χ4v) is 2.56. The topological polar surface area (TPSA) is 48.4 Å². The Kier molecular flexibility index (Phi) is 3.89. The van der Waals surface area contributed by atoms with Crippen LogP contribution in [0, 0.1) is 0 Å². The average molecular weight is 383 g/mol. The lowest BCUT2D eigenvalue weighted by molar-refractivity contribution is -0.137. The highest BCUT2D eigenvalue weighted by molar-refractivity contribution is 9.10. The van der Waals surface area contributed by atoms with Crippen LogP contribution in [0.5, 0.6) is 5.88 Å². The monoisotopic (exact) mass is 382 g/mol. The highest BCUT2D eigenvalue weighted by atomic mass is 79.9. The third-order valence-corrected chi connectivity index (χ3v) is 3.79. The van der Waals surface area contributed by atoms with E-state index in [0.29, 0.717) is 16.5 Å². The smallest absolute Gasteiger partial charge is 0.416 e. The highest BCUT2D eigenvalue weighted by Crippen LogP contribution is 2.32. The van der Waals surface area contributed by atoms with Gasteiger partial charge in [0.1, 0.15) is 0 Å². The number of aromatic nitrogens is 1. The quantitative estimate of drug-likeness (QED) is 0.572. The third kappa shape index (κ3) is 3.24. The molecule has 0 unspecified atom stereocenters. The zero-order chi connectivity index (χ0) is 16.6. The zero-order valence-electron chi connectivity index (χ0n) is 11.5. The van der Waals surface area contributed by atoms with Crippen molar-refractivity contribution in [2.45, 2.75) is 6.18 Å². The molecule has 0 saturated heterocycles. The number of nitrogens with one attached hydrogen (secondary N) is 1. The first-order valence-electron chi connectivity index (χ1n) is 6.56. The van der Waals surface area contributed by atoms with E-state index < -0.39 is 11.7 Å². The largest absolute Gasteiger partial charge is 0.494 e. The number of aromatic hydroxyl groups is 1. The normalized spacial score (nSPS) is 12.3. The standard InChI is InChI=1S/C16H10BrF3N2O/c17-10-4-5-14-12(7-10)13(15(23)22-14)8-21-11-3-1-2-9(6-11)16(18,19)20/h1-8,22-23H. The van der Waals surface area contributed by atoms with Gasteiger partial charge in [-0.3, -0.25) is 4.99 Å². The molecule has 3 rings (SSSR count). The van der Waals surface area contributed by atoms with Gasteiger partial charge in [-0.15, -0.1) is 0 Å². The van der Waals surface area contributed by atoms with E-state index in [0.717, 1.165) is 16.6 Å². The van der Waals surface area contributed by atoms with Crippen LogP contribution in [0.4, 0.5) is 18.9 Å². The second-order valence-corrected chi connectivity index (χ2v) is 5.80. The molecule has 0 bridgehead atoms. The first-order chi connectivity index (χ1) is 10.8. The molecule has 0 saturated carbocycles. The second-order valence-electron chi connectivity index (χ2n) is 4.88. The fraction of sp³-hybridized carbons (Fsp3) is 0.0625. The van der Waals surface area contributed by atoms with E-state index in [-0.39, 0.29) is 11.6 Å². The number of nitrogens with zero attached hydrogens (tertiary/aromatic N) is 1. The van der Waals surface area contributed by atoms with Crippen LogP contribution < -0.4 is 0 Å². The molecule has 0 spiro atoms. The van der Waals surface area contributed by atoms with Crippen molar-refractivity contribution < 1.29 is 18.3 Å². The minimum atomic E-state index is -4.42. The summed E-state index contributed by atoms with van der Waals surface area (Å²) in [5.74, 6) is -0.0891. The lowest BCUT2D eigenvalue weighted by atomic mass is 10.2. The molecule has 23 heavy (non-hydrogen) atoms. The van der Waals surface area contributed by atoms with Gasteiger partial charge in [0.05, 0.1) is 16.8 Å². The number of halogens is 4. The molecule has 3 nitrogen and oxygen atoms in total. The molecule has 7 heteroatoms. The number of H-pyrrole nitrogens is 1. The van der Waals surface area contributed by atoms with Crippen LogP contribution in [-0.2, 0) is 6.18 Å². The molecule has 1 aromatic heterocycles. The predicted molar refractivity (Wildman–Crippen MR) is 86.4 cm³/mol. The van der Waals surface area contributed by atoms with Crippen LogP contribution in [0.25, 0.3) is 10.9 Å². The van der Waals surface area contributed by atoms with Crippen LogP contribution in [0.2, 0.25) is 0 Å². The maximum atomic E-state index is 12.7. The molecular weight excluding hydrogens is 373 g/mol. The second kappa shape index (κ2) is 5.73. The number of aromatic amines is 1. The first-order valence-corrected chi connectivity index (χ1v) is 7.35. The van der Waals surface area contributed by atoms with Crippen molar-refractivity contribution in [3.8, 4) is 5.88 Å². The van der Waals surface area contributed by atoms with Gasteiger partial charge in [0.15, 0.2) is 5.88 Å². The lowest BCUT2D eigenvalue weighted by Gasteiger charge is -2.06. The summed E-state index contributed by atoms with van der Waals surface area (Å²) in [5.41, 5.74) is 0.511. The van der Waals surface area contributed by atoms with Crippen molar-refractivity contribution in [1.82, 2.24) is 4.98 Å². The Bertz CT molecular complexity index is 900. The average Bonchev–Trinajstić information content (AvgIpc) is 2.79.